The van der Waals surface area contributed by atoms with E-state index in [1.807, 2.05) is 24.3 Å². The van der Waals surface area contributed by atoms with Gasteiger partial charge in [0.05, 0.1) is 15.5 Å². The molecule has 2 aromatic carbocycles. The molecule has 1 aliphatic rings. The number of rotatable bonds is 4. The van der Waals surface area contributed by atoms with E-state index in [4.69, 9.17) is 11.6 Å². The topological polar surface area (TPSA) is 75.5 Å². The largest absolute Gasteiger partial charge is 0.369 e. The van der Waals surface area contributed by atoms with Crippen LogP contribution in [0.25, 0.3) is 0 Å². The minimum absolute atomic E-state index is 0.0514. The van der Waals surface area contributed by atoms with Gasteiger partial charge in [-0.1, -0.05) is 11.6 Å². The standard InChI is InChI=1S/C19H20ClN3O3/c1-13-4-2-3-11-22(13)15-7-5-14(6-8-15)21-19(24)17-10-9-16(23(25)26)12-18(17)20/h5-10,12-13H,2-4,11H2,1H3,(H,21,24)/t13-/m0/s1. The summed E-state index contributed by atoms with van der Waals surface area (Å²) in [7, 11) is 0. The van der Waals surface area contributed by atoms with Gasteiger partial charge in [0.15, 0.2) is 0 Å². The van der Waals surface area contributed by atoms with Gasteiger partial charge in [-0.2, -0.15) is 0 Å². The number of non-ortho nitro benzene ring substituents is 1. The molecule has 1 heterocycles. The number of carbonyl (C=O) groups is 1. The third kappa shape index (κ3) is 3.96. The first-order valence-electron chi connectivity index (χ1n) is 8.57. The summed E-state index contributed by atoms with van der Waals surface area (Å²) in [6, 6.07) is 12.0. The zero-order chi connectivity index (χ0) is 18.7. The third-order valence-electron chi connectivity index (χ3n) is 4.67. The zero-order valence-electron chi connectivity index (χ0n) is 14.4. The predicted octanol–water partition coefficient (Wildman–Crippen LogP) is 4.88. The van der Waals surface area contributed by atoms with Gasteiger partial charge in [0.25, 0.3) is 11.6 Å². The number of nitrogens with one attached hydrogen (secondary N) is 1. The maximum atomic E-state index is 12.4. The number of benzene rings is 2. The van der Waals surface area contributed by atoms with Crippen LogP contribution in [-0.4, -0.2) is 23.4 Å². The van der Waals surface area contributed by atoms with E-state index in [1.165, 1.54) is 37.5 Å². The van der Waals surface area contributed by atoms with Crippen LogP contribution in [0.3, 0.4) is 0 Å². The fourth-order valence-corrected chi connectivity index (χ4v) is 3.48. The minimum atomic E-state index is -0.548. The highest BCUT2D eigenvalue weighted by molar-refractivity contribution is 6.34. The Bertz CT molecular complexity index is 823. The summed E-state index contributed by atoms with van der Waals surface area (Å²) in [5.41, 5.74) is 1.85. The maximum absolute atomic E-state index is 12.4. The molecule has 0 aromatic heterocycles. The van der Waals surface area contributed by atoms with Crippen LogP contribution in [0.2, 0.25) is 5.02 Å². The van der Waals surface area contributed by atoms with E-state index in [9.17, 15) is 14.9 Å². The van der Waals surface area contributed by atoms with Crippen LogP contribution in [0.1, 0.15) is 36.5 Å². The maximum Gasteiger partial charge on any atom is 0.270 e. The van der Waals surface area contributed by atoms with Gasteiger partial charge < -0.3 is 10.2 Å². The highest BCUT2D eigenvalue weighted by Gasteiger charge is 2.19. The molecule has 136 valence electrons. The van der Waals surface area contributed by atoms with Crippen molar-refractivity contribution in [1.29, 1.82) is 0 Å². The first kappa shape index (κ1) is 18.2. The molecule has 3 rings (SSSR count). The van der Waals surface area contributed by atoms with Crippen LogP contribution in [0.4, 0.5) is 17.1 Å². The number of anilines is 2. The van der Waals surface area contributed by atoms with Crippen LogP contribution in [0.15, 0.2) is 42.5 Å². The lowest BCUT2D eigenvalue weighted by Crippen LogP contribution is -2.37. The van der Waals surface area contributed by atoms with Gasteiger partial charge in [-0.3, -0.25) is 14.9 Å². The normalized spacial score (nSPS) is 17.0. The summed E-state index contributed by atoms with van der Waals surface area (Å²) >= 11 is 6.01. The SMILES string of the molecule is C[C@H]1CCCCN1c1ccc(NC(=O)c2ccc([N+](=O)[O-])cc2Cl)cc1. The Balaban J connectivity index is 1.71. The molecular weight excluding hydrogens is 354 g/mol. The summed E-state index contributed by atoms with van der Waals surface area (Å²) in [4.78, 5) is 25.0. The van der Waals surface area contributed by atoms with E-state index < -0.39 is 10.8 Å². The summed E-state index contributed by atoms with van der Waals surface area (Å²) < 4.78 is 0. The highest BCUT2D eigenvalue weighted by Crippen LogP contribution is 2.27. The number of carbonyl (C=O) groups excluding carboxylic acids is 1. The number of nitro benzene ring substituents is 1. The Kier molecular flexibility index (Phi) is 5.42. The molecule has 0 aliphatic carbocycles. The molecule has 6 nitrogen and oxygen atoms in total. The summed E-state index contributed by atoms with van der Waals surface area (Å²) in [5, 5.41) is 13.6. The predicted molar refractivity (Wildman–Crippen MR) is 103 cm³/mol. The van der Waals surface area contributed by atoms with Crippen molar-refractivity contribution in [3.8, 4) is 0 Å². The van der Waals surface area contributed by atoms with E-state index in [0.29, 0.717) is 11.7 Å². The number of piperidine rings is 1. The van der Waals surface area contributed by atoms with Crippen LogP contribution >= 0.6 is 11.6 Å². The molecule has 0 unspecified atom stereocenters. The van der Waals surface area contributed by atoms with Crippen LogP contribution < -0.4 is 10.2 Å². The van der Waals surface area contributed by atoms with Gasteiger partial charge in [0.1, 0.15) is 0 Å². The molecule has 1 amide bonds. The van der Waals surface area contributed by atoms with E-state index in [2.05, 4.69) is 17.1 Å². The van der Waals surface area contributed by atoms with Crippen molar-refractivity contribution < 1.29 is 9.72 Å². The molecule has 0 radical (unpaired) electrons. The van der Waals surface area contributed by atoms with Gasteiger partial charge in [-0.05, 0) is 56.5 Å². The smallest absolute Gasteiger partial charge is 0.270 e. The molecule has 2 aromatic rings. The third-order valence-corrected chi connectivity index (χ3v) is 4.98. The number of nitro groups is 1. The fourth-order valence-electron chi connectivity index (χ4n) is 3.22. The van der Waals surface area contributed by atoms with E-state index in [1.54, 1.807) is 0 Å². The summed E-state index contributed by atoms with van der Waals surface area (Å²) in [5.74, 6) is -0.399. The quantitative estimate of drug-likeness (QED) is 0.612. The molecule has 0 bridgehead atoms. The van der Waals surface area contributed by atoms with Crippen LogP contribution in [0.5, 0.6) is 0 Å². The van der Waals surface area contributed by atoms with Gasteiger partial charge >= 0.3 is 0 Å². The van der Waals surface area contributed by atoms with Crippen molar-refractivity contribution in [1.82, 2.24) is 0 Å². The van der Waals surface area contributed by atoms with Gasteiger partial charge in [-0.15, -0.1) is 0 Å². The Morgan fingerprint density at radius 1 is 1.23 bits per heavy atom. The second kappa shape index (κ2) is 7.74. The molecule has 26 heavy (non-hydrogen) atoms. The zero-order valence-corrected chi connectivity index (χ0v) is 15.2. The lowest BCUT2D eigenvalue weighted by Gasteiger charge is -2.35. The molecule has 0 saturated carbocycles. The number of hydrogen-bond acceptors (Lipinski definition) is 4. The lowest BCUT2D eigenvalue weighted by atomic mass is 10.0. The highest BCUT2D eigenvalue weighted by atomic mass is 35.5. The van der Waals surface area contributed by atoms with E-state index in [-0.39, 0.29) is 16.3 Å². The van der Waals surface area contributed by atoms with Crippen molar-refractivity contribution in [3.05, 3.63) is 63.2 Å². The molecule has 1 aliphatic heterocycles. The second-order valence-electron chi connectivity index (χ2n) is 6.46. The van der Waals surface area contributed by atoms with Crippen molar-refractivity contribution in [2.75, 3.05) is 16.8 Å². The molecule has 1 atom stereocenters. The number of hydrogen-bond donors (Lipinski definition) is 1. The number of nitrogens with zero attached hydrogens (tertiary/aromatic N) is 2. The first-order valence-corrected chi connectivity index (χ1v) is 8.95. The molecule has 1 saturated heterocycles. The molecule has 1 N–H and O–H groups in total. The average Bonchev–Trinajstić information content (AvgIpc) is 2.62. The lowest BCUT2D eigenvalue weighted by molar-refractivity contribution is -0.384. The van der Waals surface area contributed by atoms with Gasteiger partial charge in [-0.25, -0.2) is 0 Å². The molecule has 7 heteroatoms. The minimum Gasteiger partial charge on any atom is -0.369 e. The van der Waals surface area contributed by atoms with Crippen LogP contribution in [-0.2, 0) is 0 Å². The molecule has 1 fully saturated rings. The summed E-state index contributed by atoms with van der Waals surface area (Å²) in [6.07, 6.45) is 3.65. The van der Waals surface area contributed by atoms with Gasteiger partial charge in [0, 0.05) is 36.1 Å². The monoisotopic (exact) mass is 373 g/mol. The Morgan fingerprint density at radius 3 is 2.58 bits per heavy atom. The van der Waals surface area contributed by atoms with Crippen molar-refractivity contribution in [2.24, 2.45) is 0 Å². The Labute approximate surface area is 156 Å². The fraction of sp³-hybridized carbons (Fsp3) is 0.316. The average molecular weight is 374 g/mol. The number of amides is 1. The van der Waals surface area contributed by atoms with Crippen molar-refractivity contribution in [3.63, 3.8) is 0 Å². The van der Waals surface area contributed by atoms with Crippen molar-refractivity contribution in [2.45, 2.75) is 32.2 Å². The second-order valence-corrected chi connectivity index (χ2v) is 6.87. The first-order chi connectivity index (χ1) is 12.5. The Morgan fingerprint density at radius 2 is 1.96 bits per heavy atom. The Hall–Kier alpha value is -2.60. The van der Waals surface area contributed by atoms with Gasteiger partial charge in [0.2, 0.25) is 0 Å². The molecular formula is C19H20ClN3O3. The van der Waals surface area contributed by atoms with Crippen LogP contribution in [0, 0.1) is 10.1 Å². The van der Waals surface area contributed by atoms with Crippen molar-refractivity contribution >= 4 is 34.6 Å². The molecule has 0 spiro atoms. The van der Waals surface area contributed by atoms with E-state index >= 15 is 0 Å². The summed E-state index contributed by atoms with van der Waals surface area (Å²) in [6.45, 7) is 3.27. The number of halogens is 1. The van der Waals surface area contributed by atoms with E-state index in [0.717, 1.165) is 12.2 Å².